The maximum atomic E-state index is 13.6. The van der Waals surface area contributed by atoms with Crippen molar-refractivity contribution in [3.05, 3.63) is 101 Å². The zero-order valence-corrected chi connectivity index (χ0v) is 19.2. The summed E-state index contributed by atoms with van der Waals surface area (Å²) < 4.78 is 11.1. The number of benzene rings is 3. The van der Waals surface area contributed by atoms with E-state index in [2.05, 4.69) is 47.4 Å². The van der Waals surface area contributed by atoms with Gasteiger partial charge in [0.15, 0.2) is 0 Å². The van der Waals surface area contributed by atoms with E-state index < -0.39 is 5.41 Å². The molecule has 33 heavy (non-hydrogen) atoms. The highest BCUT2D eigenvalue weighted by atomic mass is 16.5. The highest BCUT2D eigenvalue weighted by Crippen LogP contribution is 2.44. The number of fused-ring (bicyclic) bond motifs is 1. The minimum Gasteiger partial charge on any atom is -0.493 e. The van der Waals surface area contributed by atoms with Gasteiger partial charge in [-0.2, -0.15) is 0 Å². The van der Waals surface area contributed by atoms with Gasteiger partial charge in [0.1, 0.15) is 11.2 Å². The van der Waals surface area contributed by atoms with Crippen molar-refractivity contribution >= 4 is 5.97 Å². The molecule has 0 unspecified atom stereocenters. The average molecular weight is 442 g/mol. The van der Waals surface area contributed by atoms with Crippen molar-refractivity contribution in [2.75, 3.05) is 33.4 Å². The number of carbonyl (C=O) groups excluding carboxylic acids is 1. The summed E-state index contributed by atoms with van der Waals surface area (Å²) in [7, 11) is 1.51. The predicted octanol–water partition coefficient (Wildman–Crippen LogP) is 4.65. The van der Waals surface area contributed by atoms with Crippen molar-refractivity contribution in [3.8, 4) is 5.75 Å². The average Bonchev–Trinajstić information content (AvgIpc) is 3.54. The Morgan fingerprint density at radius 1 is 1.03 bits per heavy atom. The molecule has 0 N–H and O–H groups in total. The van der Waals surface area contributed by atoms with Gasteiger partial charge < -0.3 is 14.4 Å². The zero-order valence-electron chi connectivity index (χ0n) is 19.2. The Balaban J connectivity index is 1.40. The molecule has 0 amide bonds. The first kappa shape index (κ1) is 21.7. The molecule has 0 saturated carbocycles. The van der Waals surface area contributed by atoms with Crippen molar-refractivity contribution in [1.82, 2.24) is 4.90 Å². The number of hydrogen-bond donors (Lipinski definition) is 0. The van der Waals surface area contributed by atoms with Gasteiger partial charge in [0.25, 0.3) is 0 Å². The number of likely N-dealkylation sites (tertiary alicyclic amines) is 1. The van der Waals surface area contributed by atoms with Crippen LogP contribution >= 0.6 is 0 Å². The number of carbonyl (C=O) groups is 1. The van der Waals surface area contributed by atoms with Crippen LogP contribution in [-0.2, 0) is 27.8 Å². The molecule has 2 heterocycles. The molecule has 4 heteroatoms. The molecule has 0 bridgehead atoms. The molecule has 0 radical (unpaired) electrons. The molecule has 0 spiro atoms. The van der Waals surface area contributed by atoms with Crippen LogP contribution in [0.2, 0.25) is 0 Å². The molecular formula is C29H31NO3. The monoisotopic (exact) mass is 441 g/mol. The van der Waals surface area contributed by atoms with Crippen LogP contribution in [0.15, 0.2) is 78.9 Å². The van der Waals surface area contributed by atoms with E-state index >= 15 is 0 Å². The lowest BCUT2D eigenvalue weighted by molar-refractivity contribution is -0.147. The predicted molar refractivity (Wildman–Crippen MR) is 130 cm³/mol. The SMILES string of the molecule is COC(=O)C(c1ccccc1)(c1ccccc1)[C@@H]1CCN(CCc2ccc3c(c2)CCO3)C1. The molecule has 2 aliphatic rings. The largest absolute Gasteiger partial charge is 0.493 e. The number of rotatable bonds is 7. The van der Waals surface area contributed by atoms with E-state index in [1.165, 1.54) is 18.2 Å². The van der Waals surface area contributed by atoms with Gasteiger partial charge in [-0.25, -0.2) is 0 Å². The fourth-order valence-electron chi connectivity index (χ4n) is 5.68. The standard InChI is InChI=1S/C29H31NO3/c1-32-28(31)29(24-8-4-2-5-9-24,25-10-6-3-7-11-25)26-15-18-30(21-26)17-14-22-12-13-27-23(20-22)16-19-33-27/h2-13,20,26H,14-19,21H2,1H3/t26-/m1/s1. The molecule has 3 aromatic rings. The highest BCUT2D eigenvalue weighted by Gasteiger charge is 2.51. The summed E-state index contributed by atoms with van der Waals surface area (Å²) in [5, 5.41) is 0. The van der Waals surface area contributed by atoms with Gasteiger partial charge in [0, 0.05) is 19.5 Å². The van der Waals surface area contributed by atoms with Crippen LogP contribution in [-0.4, -0.2) is 44.2 Å². The Morgan fingerprint density at radius 2 is 1.73 bits per heavy atom. The minimum atomic E-state index is -0.809. The molecule has 3 aromatic carbocycles. The first-order chi connectivity index (χ1) is 16.2. The summed E-state index contributed by atoms with van der Waals surface area (Å²) in [5.41, 5.74) is 3.89. The lowest BCUT2D eigenvalue weighted by Crippen LogP contribution is -2.46. The first-order valence-corrected chi connectivity index (χ1v) is 11.9. The van der Waals surface area contributed by atoms with Gasteiger partial charge >= 0.3 is 5.97 Å². The van der Waals surface area contributed by atoms with Crippen molar-refractivity contribution in [3.63, 3.8) is 0 Å². The van der Waals surface area contributed by atoms with Crippen LogP contribution < -0.4 is 4.74 Å². The molecule has 1 atom stereocenters. The summed E-state index contributed by atoms with van der Waals surface area (Å²) in [4.78, 5) is 16.1. The number of hydrogen-bond acceptors (Lipinski definition) is 4. The normalized spacial score (nSPS) is 18.0. The van der Waals surface area contributed by atoms with Gasteiger partial charge in [-0.3, -0.25) is 4.79 Å². The summed E-state index contributed by atoms with van der Waals surface area (Å²) in [6.07, 6.45) is 2.96. The number of methoxy groups -OCH3 is 1. The highest BCUT2D eigenvalue weighted by molar-refractivity contribution is 5.88. The quantitative estimate of drug-likeness (QED) is 0.501. The van der Waals surface area contributed by atoms with Crippen molar-refractivity contribution in [1.29, 1.82) is 0 Å². The molecule has 1 saturated heterocycles. The molecule has 0 aliphatic carbocycles. The van der Waals surface area contributed by atoms with Gasteiger partial charge in [0.05, 0.1) is 13.7 Å². The van der Waals surface area contributed by atoms with Crippen molar-refractivity contribution in [2.45, 2.75) is 24.7 Å². The Hall–Kier alpha value is -3.11. The van der Waals surface area contributed by atoms with Gasteiger partial charge in [-0.1, -0.05) is 72.8 Å². The Bertz CT molecular complexity index is 1060. The zero-order chi connectivity index (χ0) is 22.7. The Morgan fingerprint density at radius 3 is 2.39 bits per heavy atom. The van der Waals surface area contributed by atoms with Crippen LogP contribution in [0.1, 0.15) is 28.7 Å². The van der Waals surface area contributed by atoms with Crippen molar-refractivity contribution in [2.24, 2.45) is 5.92 Å². The third kappa shape index (κ3) is 4.04. The summed E-state index contributed by atoms with van der Waals surface area (Å²) in [6.45, 7) is 3.63. The second-order valence-corrected chi connectivity index (χ2v) is 9.11. The first-order valence-electron chi connectivity index (χ1n) is 11.9. The Kier molecular flexibility index (Phi) is 6.19. The molecule has 0 aromatic heterocycles. The molecular weight excluding hydrogens is 410 g/mol. The smallest absolute Gasteiger partial charge is 0.321 e. The van der Waals surface area contributed by atoms with E-state index in [-0.39, 0.29) is 11.9 Å². The minimum absolute atomic E-state index is 0.142. The lowest BCUT2D eigenvalue weighted by atomic mass is 9.65. The maximum Gasteiger partial charge on any atom is 0.321 e. The van der Waals surface area contributed by atoms with Crippen LogP contribution in [0.4, 0.5) is 0 Å². The number of nitrogens with zero attached hydrogens (tertiary/aromatic N) is 1. The lowest BCUT2D eigenvalue weighted by Gasteiger charge is -2.37. The second kappa shape index (κ2) is 9.40. The fourth-order valence-corrected chi connectivity index (χ4v) is 5.68. The van der Waals surface area contributed by atoms with E-state index in [4.69, 9.17) is 9.47 Å². The van der Waals surface area contributed by atoms with E-state index in [1.807, 2.05) is 36.4 Å². The molecule has 1 fully saturated rings. The van der Waals surface area contributed by atoms with Crippen LogP contribution in [0.25, 0.3) is 0 Å². The third-order valence-electron chi connectivity index (χ3n) is 7.32. The van der Waals surface area contributed by atoms with Crippen LogP contribution in [0, 0.1) is 5.92 Å². The van der Waals surface area contributed by atoms with Crippen molar-refractivity contribution < 1.29 is 14.3 Å². The van der Waals surface area contributed by atoms with Gasteiger partial charge in [0.2, 0.25) is 0 Å². The summed E-state index contributed by atoms with van der Waals surface area (Å²) in [6, 6.07) is 26.9. The maximum absolute atomic E-state index is 13.6. The van der Waals surface area contributed by atoms with Crippen LogP contribution in [0.5, 0.6) is 5.75 Å². The van der Waals surface area contributed by atoms with E-state index in [0.29, 0.717) is 0 Å². The number of ether oxygens (including phenoxy) is 2. The molecule has 170 valence electrons. The van der Waals surface area contributed by atoms with E-state index in [9.17, 15) is 4.79 Å². The molecule has 2 aliphatic heterocycles. The third-order valence-corrected chi connectivity index (χ3v) is 7.32. The molecule has 4 nitrogen and oxygen atoms in total. The Labute approximate surface area is 196 Å². The number of esters is 1. The van der Waals surface area contributed by atoms with E-state index in [1.54, 1.807) is 0 Å². The van der Waals surface area contributed by atoms with E-state index in [0.717, 1.165) is 62.4 Å². The second-order valence-electron chi connectivity index (χ2n) is 9.11. The molecule has 5 rings (SSSR count). The van der Waals surface area contributed by atoms with Gasteiger partial charge in [-0.15, -0.1) is 0 Å². The van der Waals surface area contributed by atoms with Gasteiger partial charge in [-0.05, 0) is 53.6 Å². The summed E-state index contributed by atoms with van der Waals surface area (Å²) in [5.74, 6) is 1.00. The van der Waals surface area contributed by atoms with Crippen LogP contribution in [0.3, 0.4) is 0 Å². The summed E-state index contributed by atoms with van der Waals surface area (Å²) >= 11 is 0. The topological polar surface area (TPSA) is 38.8 Å². The fraction of sp³-hybridized carbons (Fsp3) is 0.345.